The Hall–Kier alpha value is -1.70. The van der Waals surface area contributed by atoms with Gasteiger partial charge in [-0.15, -0.1) is 0 Å². The van der Waals surface area contributed by atoms with Gasteiger partial charge in [0.25, 0.3) is 5.91 Å². The van der Waals surface area contributed by atoms with Gasteiger partial charge in [0.15, 0.2) is 0 Å². The number of phenolic OH excluding ortho intramolecular Hbond substituents is 1. The molecule has 0 aromatic heterocycles. The van der Waals surface area contributed by atoms with E-state index < -0.39 is 16.7 Å². The second kappa shape index (κ2) is 9.12. The summed E-state index contributed by atoms with van der Waals surface area (Å²) in [6.07, 6.45) is 0. The topological polar surface area (TPSA) is 75.6 Å². The molecule has 0 saturated heterocycles. The third-order valence-electron chi connectivity index (χ3n) is 3.48. The molecule has 7 heteroatoms. The molecule has 1 amide bonds. The van der Waals surface area contributed by atoms with Gasteiger partial charge in [-0.3, -0.25) is 9.00 Å². The summed E-state index contributed by atoms with van der Waals surface area (Å²) in [7, 11) is 0.554. The molecular formula is C18H20BrNO4S. The third kappa shape index (κ3) is 5.66. The van der Waals surface area contributed by atoms with E-state index in [4.69, 9.17) is 4.74 Å². The van der Waals surface area contributed by atoms with Crippen LogP contribution >= 0.6 is 15.9 Å². The molecule has 0 radical (unpaired) electrons. The van der Waals surface area contributed by atoms with Gasteiger partial charge in [-0.1, -0.05) is 12.1 Å². The van der Waals surface area contributed by atoms with Crippen molar-refractivity contribution in [2.45, 2.75) is 12.7 Å². The van der Waals surface area contributed by atoms with Crippen molar-refractivity contribution < 1.29 is 18.8 Å². The number of hydrogen-bond acceptors (Lipinski definition) is 4. The first-order valence-electron chi connectivity index (χ1n) is 7.64. The van der Waals surface area contributed by atoms with Crippen LogP contribution in [0.1, 0.15) is 21.5 Å². The normalized spacial score (nSPS) is 12.0. The van der Waals surface area contributed by atoms with E-state index in [0.717, 1.165) is 11.1 Å². The maximum atomic E-state index is 12.4. The van der Waals surface area contributed by atoms with Crippen LogP contribution in [-0.2, 0) is 21.3 Å². The van der Waals surface area contributed by atoms with Gasteiger partial charge in [-0.2, -0.15) is 0 Å². The Labute approximate surface area is 158 Å². The van der Waals surface area contributed by atoms with E-state index in [1.54, 1.807) is 37.4 Å². The Kier molecular flexibility index (Phi) is 7.16. The van der Waals surface area contributed by atoms with Crippen molar-refractivity contribution in [1.29, 1.82) is 0 Å². The van der Waals surface area contributed by atoms with Gasteiger partial charge in [0.2, 0.25) is 0 Å². The van der Waals surface area contributed by atoms with E-state index in [9.17, 15) is 14.1 Å². The van der Waals surface area contributed by atoms with Crippen LogP contribution in [0.25, 0.3) is 0 Å². The van der Waals surface area contributed by atoms with Crippen molar-refractivity contribution in [3.05, 3.63) is 57.6 Å². The number of benzene rings is 2. The number of ether oxygens (including phenoxy) is 1. The number of anilines is 1. The smallest absolute Gasteiger partial charge is 0.259 e. The fourth-order valence-electron chi connectivity index (χ4n) is 2.28. The predicted molar refractivity (Wildman–Crippen MR) is 104 cm³/mol. The molecule has 2 N–H and O–H groups in total. The van der Waals surface area contributed by atoms with Crippen LogP contribution < -0.4 is 5.32 Å². The van der Waals surface area contributed by atoms with E-state index >= 15 is 0 Å². The highest BCUT2D eigenvalue weighted by atomic mass is 79.9. The van der Waals surface area contributed by atoms with Gasteiger partial charge in [0.05, 0.1) is 16.6 Å². The van der Waals surface area contributed by atoms with Gasteiger partial charge in [0, 0.05) is 35.1 Å². The molecule has 0 fully saturated rings. The van der Waals surface area contributed by atoms with Crippen molar-refractivity contribution in [3.63, 3.8) is 0 Å². The number of methoxy groups -OCH3 is 1. The van der Waals surface area contributed by atoms with Gasteiger partial charge < -0.3 is 15.2 Å². The maximum absolute atomic E-state index is 12.4. The summed E-state index contributed by atoms with van der Waals surface area (Å²) >= 11 is 3.24. The summed E-state index contributed by atoms with van der Waals surface area (Å²) in [5.74, 6) is 0.367. The van der Waals surface area contributed by atoms with Crippen molar-refractivity contribution in [3.8, 4) is 5.75 Å². The zero-order valence-electron chi connectivity index (χ0n) is 14.0. The Balaban J connectivity index is 2.12. The molecular weight excluding hydrogens is 406 g/mol. The largest absolute Gasteiger partial charge is 0.506 e. The molecule has 1 atom stereocenters. The number of amides is 1. The second-order valence-corrected chi connectivity index (χ2v) is 8.01. The molecule has 0 aliphatic carbocycles. The van der Waals surface area contributed by atoms with Crippen molar-refractivity contribution in [2.24, 2.45) is 0 Å². The van der Waals surface area contributed by atoms with Crippen LogP contribution in [-0.4, -0.2) is 34.7 Å². The Morgan fingerprint density at radius 3 is 2.80 bits per heavy atom. The minimum atomic E-state index is -1.02. The molecule has 25 heavy (non-hydrogen) atoms. The summed E-state index contributed by atoms with van der Waals surface area (Å²) in [6.45, 7) is 2.29. The highest BCUT2D eigenvalue weighted by Gasteiger charge is 2.15. The number of carbonyl (C=O) groups is 1. The number of carbonyl (C=O) groups excluding carboxylic acids is 1. The lowest BCUT2D eigenvalue weighted by atomic mass is 10.1. The molecule has 1 unspecified atom stereocenters. The third-order valence-corrected chi connectivity index (χ3v) is 5.36. The lowest BCUT2D eigenvalue weighted by molar-refractivity contribution is 0.102. The molecule has 2 aromatic rings. The lowest BCUT2D eigenvalue weighted by Crippen LogP contribution is -2.13. The van der Waals surface area contributed by atoms with Crippen molar-refractivity contribution in [1.82, 2.24) is 0 Å². The molecule has 0 spiro atoms. The minimum absolute atomic E-state index is 0.0973. The van der Waals surface area contributed by atoms with E-state index in [2.05, 4.69) is 21.2 Å². The number of aryl methyl sites for hydroxylation is 1. The first-order chi connectivity index (χ1) is 11.9. The Morgan fingerprint density at radius 2 is 2.08 bits per heavy atom. The summed E-state index contributed by atoms with van der Waals surface area (Å²) in [5, 5.41) is 12.8. The van der Waals surface area contributed by atoms with E-state index in [0.29, 0.717) is 28.3 Å². The zero-order valence-corrected chi connectivity index (χ0v) is 16.4. The monoisotopic (exact) mass is 425 g/mol. The number of hydrogen-bond donors (Lipinski definition) is 2. The van der Waals surface area contributed by atoms with Crippen LogP contribution in [0.2, 0.25) is 0 Å². The van der Waals surface area contributed by atoms with Gasteiger partial charge in [-0.25, -0.2) is 0 Å². The number of rotatable bonds is 7. The first kappa shape index (κ1) is 19.6. The standard InChI is InChI=1S/C18H20BrNO4S/c1-12-8-15(17(21)16(19)9-12)18(22)20-14-5-3-4-13(10-14)11-25(23)7-6-24-2/h3-5,8-10,21H,6-7,11H2,1-2H3,(H,20,22). The molecule has 2 aromatic carbocycles. The van der Waals surface area contributed by atoms with Gasteiger partial charge >= 0.3 is 0 Å². The molecule has 0 aliphatic heterocycles. The van der Waals surface area contributed by atoms with Crippen molar-refractivity contribution in [2.75, 3.05) is 24.8 Å². The highest BCUT2D eigenvalue weighted by Crippen LogP contribution is 2.30. The number of phenols is 1. The van der Waals surface area contributed by atoms with Gasteiger partial charge in [0.1, 0.15) is 5.75 Å². The van der Waals surface area contributed by atoms with Crippen LogP contribution in [0.5, 0.6) is 5.75 Å². The summed E-state index contributed by atoms with van der Waals surface area (Å²) in [4.78, 5) is 12.4. The quantitative estimate of drug-likeness (QED) is 0.710. The summed E-state index contributed by atoms with van der Waals surface area (Å²) in [5.41, 5.74) is 2.50. The maximum Gasteiger partial charge on any atom is 0.259 e. The highest BCUT2D eigenvalue weighted by molar-refractivity contribution is 9.10. The molecule has 0 aliphatic rings. The number of aromatic hydroxyl groups is 1. The number of halogens is 1. The lowest BCUT2D eigenvalue weighted by Gasteiger charge is -2.10. The molecule has 134 valence electrons. The zero-order chi connectivity index (χ0) is 18.4. The summed E-state index contributed by atoms with van der Waals surface area (Å²) in [6, 6.07) is 10.6. The molecule has 0 bridgehead atoms. The molecule has 5 nitrogen and oxygen atoms in total. The van der Waals surface area contributed by atoms with Crippen molar-refractivity contribution >= 4 is 38.3 Å². The minimum Gasteiger partial charge on any atom is -0.506 e. The van der Waals surface area contributed by atoms with Crippen LogP contribution in [0, 0.1) is 6.92 Å². The predicted octanol–water partition coefficient (Wildman–Crippen LogP) is 3.61. The average molecular weight is 426 g/mol. The van der Waals surface area contributed by atoms with Gasteiger partial charge in [-0.05, 0) is 58.2 Å². The van der Waals surface area contributed by atoms with E-state index in [1.807, 2.05) is 13.0 Å². The Morgan fingerprint density at radius 1 is 1.32 bits per heavy atom. The SMILES string of the molecule is COCCS(=O)Cc1cccc(NC(=O)c2cc(C)cc(Br)c2O)c1. The van der Waals surface area contributed by atoms with E-state index in [1.165, 1.54) is 0 Å². The average Bonchev–Trinajstić information content (AvgIpc) is 2.56. The summed E-state index contributed by atoms with van der Waals surface area (Å²) < 4.78 is 17.4. The van der Waals surface area contributed by atoms with E-state index in [-0.39, 0.29) is 11.3 Å². The van der Waals surface area contributed by atoms with Crippen LogP contribution in [0.15, 0.2) is 40.9 Å². The molecule has 0 heterocycles. The van der Waals surface area contributed by atoms with Crippen LogP contribution in [0.3, 0.4) is 0 Å². The first-order valence-corrected chi connectivity index (χ1v) is 9.92. The Bertz CT molecular complexity index is 795. The fourth-order valence-corrected chi connectivity index (χ4v) is 3.90. The second-order valence-electron chi connectivity index (χ2n) is 5.58. The number of nitrogens with one attached hydrogen (secondary N) is 1. The molecule has 2 rings (SSSR count). The molecule has 0 saturated carbocycles. The van der Waals surface area contributed by atoms with Crippen LogP contribution in [0.4, 0.5) is 5.69 Å². The fraction of sp³-hybridized carbons (Fsp3) is 0.278.